The summed E-state index contributed by atoms with van der Waals surface area (Å²) in [5, 5.41) is 5.65. The summed E-state index contributed by atoms with van der Waals surface area (Å²) in [5.41, 5.74) is 3.29. The van der Waals surface area contributed by atoms with Gasteiger partial charge in [0.05, 0.1) is 11.0 Å². The molecule has 114 valence electrons. The second-order valence-corrected chi connectivity index (χ2v) is 5.79. The van der Waals surface area contributed by atoms with Gasteiger partial charge in [-0.2, -0.15) is 0 Å². The van der Waals surface area contributed by atoms with E-state index in [9.17, 15) is 14.4 Å². The molecule has 22 heavy (non-hydrogen) atoms. The number of anilines is 1. The smallest absolute Gasteiger partial charge is 0.327 e. The summed E-state index contributed by atoms with van der Waals surface area (Å²) in [5.74, 6) is -0.682. The quantitative estimate of drug-likeness (QED) is 0.674. The fraction of sp³-hybridized carbons (Fsp3) is 0.400. The minimum Gasteiger partial charge on any atom is -0.385 e. The van der Waals surface area contributed by atoms with Crippen LogP contribution in [-0.4, -0.2) is 27.9 Å². The number of aromatic nitrogens is 2. The minimum absolute atomic E-state index is 0.253. The number of hydrogen-bond donors (Lipinski definition) is 3. The van der Waals surface area contributed by atoms with Crippen LogP contribution in [0.1, 0.15) is 30.9 Å². The summed E-state index contributed by atoms with van der Waals surface area (Å²) >= 11 is 0. The molecule has 1 aromatic carbocycles. The van der Waals surface area contributed by atoms with E-state index in [4.69, 9.17) is 0 Å². The predicted molar refractivity (Wildman–Crippen MR) is 80.8 cm³/mol. The van der Waals surface area contributed by atoms with Crippen molar-refractivity contribution in [2.75, 3.05) is 11.9 Å². The first-order chi connectivity index (χ1) is 10.6. The first kappa shape index (κ1) is 13.1. The van der Waals surface area contributed by atoms with Gasteiger partial charge in [0.15, 0.2) is 0 Å². The van der Waals surface area contributed by atoms with Crippen molar-refractivity contribution in [3.63, 3.8) is 0 Å². The van der Waals surface area contributed by atoms with Crippen LogP contribution in [0.3, 0.4) is 0 Å². The minimum atomic E-state index is -0.632. The highest BCUT2D eigenvalue weighted by atomic mass is 16.2. The molecule has 0 aliphatic carbocycles. The molecular formula is C15H16N4O3. The van der Waals surface area contributed by atoms with E-state index in [1.165, 1.54) is 4.57 Å². The fourth-order valence-corrected chi connectivity index (χ4v) is 3.42. The summed E-state index contributed by atoms with van der Waals surface area (Å²) in [6.45, 7) is 0.908. The molecular weight excluding hydrogens is 284 g/mol. The van der Waals surface area contributed by atoms with E-state index < -0.39 is 11.9 Å². The zero-order valence-corrected chi connectivity index (χ0v) is 11.9. The summed E-state index contributed by atoms with van der Waals surface area (Å²) in [6, 6.07) is 3.19. The normalized spacial score (nSPS) is 21.4. The second kappa shape index (κ2) is 4.72. The summed E-state index contributed by atoms with van der Waals surface area (Å²) < 4.78 is 1.52. The molecule has 1 atom stereocenters. The topological polar surface area (TPSA) is 96.0 Å². The molecule has 3 N–H and O–H groups in total. The third kappa shape index (κ3) is 1.85. The van der Waals surface area contributed by atoms with Gasteiger partial charge in [-0.1, -0.05) is 0 Å². The Kier molecular flexibility index (Phi) is 2.82. The highest BCUT2D eigenvalue weighted by Crippen LogP contribution is 2.31. The molecule has 4 rings (SSSR count). The van der Waals surface area contributed by atoms with Crippen LogP contribution in [0.25, 0.3) is 11.0 Å². The number of rotatable bonds is 1. The Morgan fingerprint density at radius 3 is 2.82 bits per heavy atom. The average Bonchev–Trinajstić information content (AvgIpc) is 2.84. The largest absolute Gasteiger partial charge is 0.385 e. The molecule has 2 aromatic rings. The molecule has 1 aromatic heterocycles. The molecule has 2 amide bonds. The van der Waals surface area contributed by atoms with Crippen LogP contribution in [0.4, 0.5) is 5.69 Å². The number of imide groups is 1. The number of piperidine rings is 1. The van der Waals surface area contributed by atoms with Crippen molar-refractivity contribution in [2.45, 2.75) is 31.7 Å². The Balaban J connectivity index is 1.93. The Bertz CT molecular complexity index is 848. The molecule has 0 saturated carbocycles. The average molecular weight is 300 g/mol. The van der Waals surface area contributed by atoms with Crippen molar-refractivity contribution in [3.8, 4) is 0 Å². The maximum absolute atomic E-state index is 12.4. The molecule has 1 unspecified atom stereocenters. The molecule has 2 aliphatic heterocycles. The first-order valence-corrected chi connectivity index (χ1v) is 7.49. The molecule has 2 aliphatic rings. The molecule has 7 nitrogen and oxygen atoms in total. The van der Waals surface area contributed by atoms with E-state index in [-0.39, 0.29) is 18.0 Å². The highest BCUT2D eigenvalue weighted by Gasteiger charge is 2.31. The number of aromatic amines is 1. The molecule has 3 heterocycles. The molecule has 0 bridgehead atoms. The third-order valence-corrected chi connectivity index (χ3v) is 4.42. The Morgan fingerprint density at radius 2 is 2.00 bits per heavy atom. The van der Waals surface area contributed by atoms with Gasteiger partial charge in [-0.3, -0.25) is 19.5 Å². The number of benzene rings is 1. The third-order valence-electron chi connectivity index (χ3n) is 4.42. The lowest BCUT2D eigenvalue weighted by Gasteiger charge is -2.24. The standard InChI is InChI=1S/C15H16N4O3/c20-12-6-5-11(14(21)18-12)19-13-8-2-1-7-16-9(8)3-4-10(13)17-15(19)22/h3-4,11,16H,1-2,5-7H2,(H,17,22)(H,18,20,21). The number of hydrogen-bond acceptors (Lipinski definition) is 4. The van der Waals surface area contributed by atoms with Gasteiger partial charge in [-0.05, 0) is 31.4 Å². The predicted octanol–water partition coefficient (Wildman–Crippen LogP) is 0.665. The van der Waals surface area contributed by atoms with Crippen molar-refractivity contribution in [1.29, 1.82) is 0 Å². The van der Waals surface area contributed by atoms with Gasteiger partial charge >= 0.3 is 5.69 Å². The number of amides is 2. The first-order valence-electron chi connectivity index (χ1n) is 7.49. The van der Waals surface area contributed by atoms with Gasteiger partial charge in [-0.15, -0.1) is 0 Å². The maximum atomic E-state index is 12.4. The maximum Gasteiger partial charge on any atom is 0.327 e. The Hall–Kier alpha value is -2.57. The van der Waals surface area contributed by atoms with Crippen LogP contribution >= 0.6 is 0 Å². The lowest BCUT2D eigenvalue weighted by atomic mass is 10.00. The summed E-state index contributed by atoms with van der Waals surface area (Å²) in [4.78, 5) is 38.7. The second-order valence-electron chi connectivity index (χ2n) is 5.79. The zero-order valence-electron chi connectivity index (χ0n) is 11.9. The summed E-state index contributed by atoms with van der Waals surface area (Å²) in [7, 11) is 0. The van der Waals surface area contributed by atoms with Gasteiger partial charge in [0.1, 0.15) is 6.04 Å². The lowest BCUT2D eigenvalue weighted by molar-refractivity contribution is -0.135. The lowest BCUT2D eigenvalue weighted by Crippen LogP contribution is -2.44. The van der Waals surface area contributed by atoms with E-state index in [1.54, 1.807) is 0 Å². The number of nitrogens with one attached hydrogen (secondary N) is 3. The van der Waals surface area contributed by atoms with E-state index >= 15 is 0 Å². The van der Waals surface area contributed by atoms with Crippen LogP contribution in [0.15, 0.2) is 16.9 Å². The van der Waals surface area contributed by atoms with Crippen LogP contribution in [0.2, 0.25) is 0 Å². The van der Waals surface area contributed by atoms with Gasteiger partial charge < -0.3 is 10.3 Å². The molecule has 0 radical (unpaired) electrons. The molecule has 1 fully saturated rings. The molecule has 0 spiro atoms. The number of imidazole rings is 1. The number of nitrogens with zero attached hydrogens (tertiary/aromatic N) is 1. The van der Waals surface area contributed by atoms with Crippen LogP contribution in [-0.2, 0) is 16.0 Å². The van der Waals surface area contributed by atoms with Crippen molar-refractivity contribution in [3.05, 3.63) is 28.2 Å². The van der Waals surface area contributed by atoms with Crippen LogP contribution in [0, 0.1) is 0 Å². The van der Waals surface area contributed by atoms with Crippen molar-refractivity contribution in [1.82, 2.24) is 14.9 Å². The van der Waals surface area contributed by atoms with E-state index in [0.29, 0.717) is 6.42 Å². The zero-order chi connectivity index (χ0) is 15.3. The highest BCUT2D eigenvalue weighted by molar-refractivity contribution is 6.00. The van der Waals surface area contributed by atoms with E-state index in [1.807, 2.05) is 12.1 Å². The summed E-state index contributed by atoms with van der Waals surface area (Å²) in [6.07, 6.45) is 2.46. The fourth-order valence-electron chi connectivity index (χ4n) is 3.42. The van der Waals surface area contributed by atoms with E-state index in [0.717, 1.165) is 41.7 Å². The van der Waals surface area contributed by atoms with Crippen LogP contribution in [0.5, 0.6) is 0 Å². The van der Waals surface area contributed by atoms with Gasteiger partial charge in [0, 0.05) is 24.2 Å². The molecule has 7 heteroatoms. The van der Waals surface area contributed by atoms with Gasteiger partial charge in [0.25, 0.3) is 0 Å². The number of aryl methyl sites for hydroxylation is 1. The SMILES string of the molecule is O=C1CCC(n2c(=O)[nH]c3ccc4c(c32)CCCN4)C(=O)N1. The Morgan fingerprint density at radius 1 is 1.14 bits per heavy atom. The number of fused-ring (bicyclic) bond motifs is 3. The number of carbonyl (C=O) groups is 2. The van der Waals surface area contributed by atoms with Crippen molar-refractivity contribution >= 4 is 28.5 Å². The molecule has 1 saturated heterocycles. The van der Waals surface area contributed by atoms with E-state index in [2.05, 4.69) is 15.6 Å². The Labute approximate surface area is 125 Å². The van der Waals surface area contributed by atoms with Crippen LogP contribution < -0.4 is 16.3 Å². The number of carbonyl (C=O) groups excluding carboxylic acids is 2. The van der Waals surface area contributed by atoms with Gasteiger partial charge in [0.2, 0.25) is 11.8 Å². The van der Waals surface area contributed by atoms with Gasteiger partial charge in [-0.25, -0.2) is 4.79 Å². The van der Waals surface area contributed by atoms with Crippen molar-refractivity contribution < 1.29 is 9.59 Å². The monoisotopic (exact) mass is 300 g/mol. The van der Waals surface area contributed by atoms with Crippen molar-refractivity contribution in [2.24, 2.45) is 0 Å². The number of H-pyrrole nitrogens is 1.